The van der Waals surface area contributed by atoms with Crippen LogP contribution in [-0.2, 0) is 28.4 Å². The third-order valence-corrected chi connectivity index (χ3v) is 12.2. The molecule has 0 amide bonds. The molecule has 0 saturated carbocycles. The van der Waals surface area contributed by atoms with Crippen LogP contribution in [0.5, 0.6) is 109 Å². The van der Waals surface area contributed by atoms with Crippen LogP contribution in [-0.4, -0.2) is 165 Å². The average molecular weight is 1100 g/mol. The molecule has 0 radical (unpaired) electrons. The molecule has 0 aliphatic carbocycles. The van der Waals surface area contributed by atoms with Gasteiger partial charge in [-0.1, -0.05) is 0 Å². The number of ether oxygens (including phenoxy) is 7. The highest BCUT2D eigenvalue weighted by molar-refractivity contribution is 6.11. The van der Waals surface area contributed by atoms with Crippen molar-refractivity contribution in [1.82, 2.24) is 0 Å². The maximum Gasteiger partial charge on any atom is 0.342 e. The molecule has 0 aromatic heterocycles. The summed E-state index contributed by atoms with van der Waals surface area (Å²) in [6, 6.07) is 2.71. The van der Waals surface area contributed by atoms with Crippen molar-refractivity contribution in [2.75, 3.05) is 6.61 Å². The molecule has 31 heteroatoms. The van der Waals surface area contributed by atoms with Crippen molar-refractivity contribution in [1.29, 1.82) is 0 Å². The number of carboxylic acid groups (broad SMARTS) is 1. The molecule has 9 rings (SSSR count). The summed E-state index contributed by atoms with van der Waals surface area (Å²) in [5.41, 5.74) is -11.9. The highest BCUT2D eigenvalue weighted by Crippen LogP contribution is 2.57. The number of rotatable bonds is 5. The van der Waals surface area contributed by atoms with Crippen molar-refractivity contribution in [2.24, 2.45) is 0 Å². The molecule has 6 aromatic carbocycles. The van der Waals surface area contributed by atoms with Gasteiger partial charge in [-0.3, -0.25) is 0 Å². The molecule has 0 bridgehead atoms. The Bertz CT molecular complexity index is 3710. The maximum atomic E-state index is 14.8. The van der Waals surface area contributed by atoms with Gasteiger partial charge in [-0.15, -0.1) is 0 Å². The number of cyclic esters (lactones) is 1. The molecule has 3 aliphatic rings. The Kier molecular flexibility index (Phi) is 12.4. The number of benzene rings is 6. The Morgan fingerprint density at radius 3 is 1.34 bits per heavy atom. The predicted octanol–water partition coefficient (Wildman–Crippen LogP) is 2.55. The molecule has 6 aromatic rings. The summed E-state index contributed by atoms with van der Waals surface area (Å²) in [6.45, 7) is -1.47. The van der Waals surface area contributed by atoms with Gasteiger partial charge < -0.3 is 125 Å². The second-order valence-corrected chi connectivity index (χ2v) is 16.9. The number of carbonyl (C=O) groups is 6. The summed E-state index contributed by atoms with van der Waals surface area (Å²) in [4.78, 5) is 84.9. The Morgan fingerprint density at radius 1 is 0.430 bits per heavy atom. The van der Waals surface area contributed by atoms with Gasteiger partial charge in [0.25, 0.3) is 0 Å². The zero-order chi connectivity index (χ0) is 57.7. The van der Waals surface area contributed by atoms with Crippen molar-refractivity contribution in [3.05, 3.63) is 75.8 Å². The van der Waals surface area contributed by atoms with E-state index in [-0.39, 0.29) is 6.07 Å². The minimum atomic E-state index is -2.68. The number of phenols is 17. The van der Waals surface area contributed by atoms with E-state index in [0.717, 1.165) is 0 Å². The minimum Gasteiger partial charge on any atom is -0.504 e. The van der Waals surface area contributed by atoms with Gasteiger partial charge in [0.1, 0.15) is 29.6 Å². The lowest BCUT2D eigenvalue weighted by atomic mass is 9.91. The van der Waals surface area contributed by atoms with Crippen LogP contribution in [0.2, 0.25) is 0 Å². The number of fused-ring (bicyclic) bond motifs is 9. The molecule has 31 nitrogen and oxygen atoms in total. The van der Waals surface area contributed by atoms with Crippen LogP contribution in [0.1, 0.15) is 62.1 Å². The highest BCUT2D eigenvalue weighted by Gasteiger charge is 2.56. The molecule has 1 fully saturated rings. The molecule has 18 N–H and O–H groups in total. The quantitative estimate of drug-likeness (QED) is 0.0670. The molecular weight excluding hydrogens is 1070 g/mol. The lowest BCUT2D eigenvalue weighted by Crippen LogP contribution is -2.63. The Hall–Kier alpha value is -11.5. The van der Waals surface area contributed by atoms with Gasteiger partial charge in [-0.05, 0) is 30.3 Å². The van der Waals surface area contributed by atoms with E-state index >= 15 is 0 Å². The first-order valence-electron chi connectivity index (χ1n) is 21.7. The molecule has 1 saturated heterocycles. The number of hydrogen-bond donors (Lipinski definition) is 18. The van der Waals surface area contributed by atoms with Crippen molar-refractivity contribution in [3.8, 4) is 131 Å². The molecule has 3 heterocycles. The van der Waals surface area contributed by atoms with Crippen LogP contribution in [0.15, 0.2) is 42.5 Å². The van der Waals surface area contributed by atoms with E-state index < -0.39 is 238 Å². The lowest BCUT2D eigenvalue weighted by molar-refractivity contribution is -0.282. The van der Waals surface area contributed by atoms with Gasteiger partial charge >= 0.3 is 35.8 Å². The zero-order valence-electron chi connectivity index (χ0n) is 38.5. The van der Waals surface area contributed by atoms with Crippen LogP contribution >= 0.6 is 0 Å². The fourth-order valence-corrected chi connectivity index (χ4v) is 8.53. The Balaban J connectivity index is 1.28. The van der Waals surface area contributed by atoms with Gasteiger partial charge in [0.2, 0.25) is 41.1 Å². The van der Waals surface area contributed by atoms with Gasteiger partial charge in [0.05, 0.1) is 27.8 Å². The molecule has 5 unspecified atom stereocenters. The molecule has 5 atom stereocenters. The molecule has 410 valence electrons. The summed E-state index contributed by atoms with van der Waals surface area (Å²) < 4.78 is 39.5. The van der Waals surface area contributed by atoms with Crippen LogP contribution < -0.4 is 4.74 Å². The summed E-state index contributed by atoms with van der Waals surface area (Å²) in [7, 11) is 0. The lowest BCUT2D eigenvalue weighted by Gasteiger charge is -2.44. The number of carboxylic acids is 1. The first kappa shape index (κ1) is 52.4. The number of phenolic OH excluding ortho intramolecular Hbond substituents is 17. The van der Waals surface area contributed by atoms with Crippen LogP contribution in [0.3, 0.4) is 0 Å². The van der Waals surface area contributed by atoms with E-state index in [1.54, 1.807) is 0 Å². The van der Waals surface area contributed by atoms with Crippen molar-refractivity contribution in [3.63, 3.8) is 0 Å². The van der Waals surface area contributed by atoms with Gasteiger partial charge in [0.15, 0.2) is 87.0 Å². The second-order valence-electron chi connectivity index (χ2n) is 16.9. The zero-order valence-corrected chi connectivity index (χ0v) is 38.5. The third-order valence-electron chi connectivity index (χ3n) is 12.2. The highest BCUT2D eigenvalue weighted by atomic mass is 16.7. The summed E-state index contributed by atoms with van der Waals surface area (Å²) in [6.07, 6.45) is -12.9. The maximum absolute atomic E-state index is 14.8. The summed E-state index contributed by atoms with van der Waals surface area (Å²) in [5, 5.41) is 192. The topological polar surface area (TPSA) is 531 Å². The van der Waals surface area contributed by atoms with Crippen molar-refractivity contribution >= 4 is 35.8 Å². The molecular formula is C48H32O31. The number of hydrogen-bond acceptors (Lipinski definition) is 30. The van der Waals surface area contributed by atoms with E-state index in [1.165, 1.54) is 0 Å². The average Bonchev–Trinajstić information content (AvgIpc) is 3.54. The Morgan fingerprint density at radius 2 is 0.848 bits per heavy atom. The standard InChI is InChI=1S/C48H32O31/c49-14-1-9(2-15(50)28(14)56)43(68)79-48-41-40(77-45(70)10-3-16(51)30(58)34(62)23(10)24-11(46(71)78-41)4-17(52)31(59)35(24)63)39-22(75-48)8-73-47(72)26-21(74-38-13(42(66)67)6-19(54)33(61)37(38)65)7-20(55)29(57)27(26)25-12(44(69)76-39)5-18(53)32(60)36(25)64/h1-7,22,39-41,48-65H,8H2,(H,66,67). The summed E-state index contributed by atoms with van der Waals surface area (Å²) in [5.74, 6) is -37.6. The van der Waals surface area contributed by atoms with E-state index in [1.807, 2.05) is 0 Å². The third kappa shape index (κ3) is 8.40. The van der Waals surface area contributed by atoms with E-state index in [2.05, 4.69) is 0 Å². The largest absolute Gasteiger partial charge is 0.504 e. The van der Waals surface area contributed by atoms with Crippen LogP contribution in [0, 0.1) is 0 Å². The van der Waals surface area contributed by atoms with E-state index in [4.69, 9.17) is 33.2 Å². The monoisotopic (exact) mass is 1100 g/mol. The van der Waals surface area contributed by atoms with Gasteiger partial charge in [0, 0.05) is 28.8 Å². The SMILES string of the molecule is O=C(OC1OC2COC(=O)c3c(Oc4c(C(=O)O)cc(O)c(O)c4O)cc(O)c(O)c3-c3c(cc(O)c(O)c3O)C(=O)OC2C2OC(=O)c3cc(O)c(O)c(O)c3-c3c(cc(O)c(O)c3O)C(=O)OC12)c1cc(O)c(O)c(O)c1. The predicted molar refractivity (Wildman–Crippen MR) is 244 cm³/mol. The van der Waals surface area contributed by atoms with Crippen LogP contribution in [0.4, 0.5) is 0 Å². The fourth-order valence-electron chi connectivity index (χ4n) is 8.53. The first-order chi connectivity index (χ1) is 37.1. The second kappa shape index (κ2) is 18.7. The normalized spacial score (nSPS) is 18.7. The molecule has 0 spiro atoms. The first-order valence-corrected chi connectivity index (χ1v) is 21.7. The van der Waals surface area contributed by atoms with Crippen molar-refractivity contribution < 1.29 is 154 Å². The fraction of sp³-hybridized carbons (Fsp3) is 0.125. The number of esters is 5. The van der Waals surface area contributed by atoms with Gasteiger partial charge in [-0.2, -0.15) is 0 Å². The Labute approximate surface area is 433 Å². The van der Waals surface area contributed by atoms with E-state index in [0.29, 0.717) is 36.4 Å². The number of aromatic hydroxyl groups is 17. The van der Waals surface area contributed by atoms with Crippen molar-refractivity contribution in [2.45, 2.75) is 30.7 Å². The summed E-state index contributed by atoms with van der Waals surface area (Å²) >= 11 is 0. The molecule has 79 heavy (non-hydrogen) atoms. The van der Waals surface area contributed by atoms with Gasteiger partial charge in [-0.25, -0.2) is 28.8 Å². The van der Waals surface area contributed by atoms with Crippen LogP contribution in [0.25, 0.3) is 22.3 Å². The minimum absolute atomic E-state index is 0.290. The van der Waals surface area contributed by atoms with E-state index in [9.17, 15) is 121 Å². The number of carbonyl (C=O) groups excluding carboxylic acids is 5. The number of aromatic carboxylic acids is 1. The smallest absolute Gasteiger partial charge is 0.342 e. The molecule has 3 aliphatic heterocycles.